The highest BCUT2D eigenvalue weighted by Gasteiger charge is 2.22. The largest absolute Gasteiger partial charge is 0.491 e. The van der Waals surface area contributed by atoms with Crippen molar-refractivity contribution in [2.24, 2.45) is 5.73 Å². The molecule has 0 spiro atoms. The van der Waals surface area contributed by atoms with E-state index in [9.17, 15) is 4.79 Å². The molecule has 0 radical (unpaired) electrons. The summed E-state index contributed by atoms with van der Waals surface area (Å²) >= 11 is 0. The Hall–Kier alpha value is -3.43. The number of hydrogen-bond donors (Lipinski definition) is 2. The van der Waals surface area contributed by atoms with Crippen LogP contribution < -0.4 is 15.8 Å². The molecule has 1 aliphatic rings. The molecule has 1 aliphatic heterocycles. The van der Waals surface area contributed by atoms with Crippen LogP contribution in [0.15, 0.2) is 24.8 Å². The van der Waals surface area contributed by atoms with Crippen molar-refractivity contribution in [1.29, 1.82) is 0 Å². The number of anilines is 1. The highest BCUT2D eigenvalue weighted by molar-refractivity contribution is 5.82. The Morgan fingerprint density at radius 1 is 1.29 bits per heavy atom. The molecule has 146 valence electrons. The fourth-order valence-electron chi connectivity index (χ4n) is 3.07. The van der Waals surface area contributed by atoms with E-state index in [1.807, 2.05) is 29.3 Å². The molecule has 3 aromatic rings. The minimum absolute atomic E-state index is 0.178. The predicted octanol–water partition coefficient (Wildman–Crippen LogP) is 1.46. The van der Waals surface area contributed by atoms with Crippen LogP contribution in [-0.2, 0) is 11.3 Å². The average Bonchev–Trinajstić information content (AvgIpc) is 3.26. The third-order valence-electron chi connectivity index (χ3n) is 4.56. The summed E-state index contributed by atoms with van der Waals surface area (Å²) in [4.78, 5) is 24.8. The minimum Gasteiger partial charge on any atom is -0.491 e. The number of fused-ring (bicyclic) bond motifs is 3. The van der Waals surface area contributed by atoms with Crippen LogP contribution in [0.5, 0.6) is 5.75 Å². The van der Waals surface area contributed by atoms with E-state index >= 15 is 0 Å². The lowest BCUT2D eigenvalue weighted by atomic mass is 10.2. The van der Waals surface area contributed by atoms with Gasteiger partial charge in [-0.25, -0.2) is 19.6 Å². The van der Waals surface area contributed by atoms with Gasteiger partial charge in [-0.3, -0.25) is 4.79 Å². The maximum atomic E-state index is 11.3. The van der Waals surface area contributed by atoms with Gasteiger partial charge in [-0.1, -0.05) is 0 Å². The molecule has 28 heavy (non-hydrogen) atoms. The monoisotopic (exact) mass is 382 g/mol. The standard InChI is InChI=1S/C18H22N8O2/c1-10(2)26-18(21-9-22-26)13-8-25-4-5-28-14-6-15(23-11(3)16(19)27)20-7-12(14)17(25)24-13/h6-11H,4-5H2,1-3H3,(H2,19,27)(H,20,23)/t11-/m0/s1. The zero-order chi connectivity index (χ0) is 19.8. The van der Waals surface area contributed by atoms with Crippen molar-refractivity contribution in [3.8, 4) is 28.7 Å². The van der Waals surface area contributed by atoms with Gasteiger partial charge in [0.2, 0.25) is 5.91 Å². The van der Waals surface area contributed by atoms with Crippen LogP contribution in [0.25, 0.3) is 22.9 Å². The van der Waals surface area contributed by atoms with E-state index in [4.69, 9.17) is 15.5 Å². The second-order valence-corrected chi connectivity index (χ2v) is 6.95. The summed E-state index contributed by atoms with van der Waals surface area (Å²) in [6.45, 7) is 6.91. The topological polar surface area (TPSA) is 126 Å². The number of primary amides is 1. The number of carbonyl (C=O) groups excluding carboxylic acids is 1. The van der Waals surface area contributed by atoms with E-state index < -0.39 is 11.9 Å². The lowest BCUT2D eigenvalue weighted by Crippen LogP contribution is -2.32. The van der Waals surface area contributed by atoms with Crippen LogP contribution in [0.2, 0.25) is 0 Å². The van der Waals surface area contributed by atoms with Gasteiger partial charge in [0.1, 0.15) is 42.1 Å². The number of carbonyl (C=O) groups is 1. The molecule has 4 heterocycles. The summed E-state index contributed by atoms with van der Waals surface area (Å²) in [6.07, 6.45) is 5.18. The molecule has 0 fully saturated rings. The average molecular weight is 382 g/mol. The molecule has 10 heteroatoms. The number of rotatable bonds is 5. The molecule has 0 aromatic carbocycles. The molecule has 0 unspecified atom stereocenters. The SMILES string of the molecule is CC(C)n1ncnc1-c1cn2c(n1)-c1cnc(N[C@@H](C)C(N)=O)cc1OCC2. The Balaban J connectivity index is 1.72. The van der Waals surface area contributed by atoms with E-state index in [2.05, 4.69) is 20.4 Å². The summed E-state index contributed by atoms with van der Waals surface area (Å²) in [5.41, 5.74) is 6.83. The highest BCUT2D eigenvalue weighted by Crippen LogP contribution is 2.34. The molecule has 1 atom stereocenters. The van der Waals surface area contributed by atoms with Crippen LogP contribution in [0.3, 0.4) is 0 Å². The quantitative estimate of drug-likeness (QED) is 0.684. The maximum absolute atomic E-state index is 11.3. The fourth-order valence-corrected chi connectivity index (χ4v) is 3.07. The molecule has 0 saturated carbocycles. The van der Waals surface area contributed by atoms with Crippen molar-refractivity contribution in [3.05, 3.63) is 24.8 Å². The maximum Gasteiger partial charge on any atom is 0.239 e. The Bertz CT molecular complexity index is 1020. The summed E-state index contributed by atoms with van der Waals surface area (Å²) in [5, 5.41) is 7.26. The molecule has 10 nitrogen and oxygen atoms in total. The van der Waals surface area contributed by atoms with Crippen LogP contribution in [0, 0.1) is 0 Å². The molecular formula is C18H22N8O2. The van der Waals surface area contributed by atoms with E-state index in [0.29, 0.717) is 24.7 Å². The van der Waals surface area contributed by atoms with Crippen molar-refractivity contribution in [3.63, 3.8) is 0 Å². The number of aromatic nitrogens is 6. The Morgan fingerprint density at radius 3 is 2.86 bits per heavy atom. The van der Waals surface area contributed by atoms with Gasteiger partial charge in [0, 0.05) is 24.5 Å². The first-order valence-electron chi connectivity index (χ1n) is 9.10. The zero-order valence-electron chi connectivity index (χ0n) is 16.0. The van der Waals surface area contributed by atoms with E-state index in [0.717, 1.165) is 22.9 Å². The molecule has 0 aliphatic carbocycles. The first-order chi connectivity index (χ1) is 13.4. The van der Waals surface area contributed by atoms with Crippen molar-refractivity contribution < 1.29 is 9.53 Å². The van der Waals surface area contributed by atoms with Crippen molar-refractivity contribution in [1.82, 2.24) is 29.3 Å². The van der Waals surface area contributed by atoms with Crippen molar-refractivity contribution in [2.75, 3.05) is 11.9 Å². The number of pyridine rings is 1. The van der Waals surface area contributed by atoms with Gasteiger partial charge in [-0.2, -0.15) is 5.10 Å². The van der Waals surface area contributed by atoms with Crippen LogP contribution in [0.1, 0.15) is 26.8 Å². The normalized spacial score (nSPS) is 14.0. The molecule has 3 N–H and O–H groups in total. The number of amides is 1. The predicted molar refractivity (Wildman–Crippen MR) is 103 cm³/mol. The van der Waals surface area contributed by atoms with Gasteiger partial charge in [-0.05, 0) is 20.8 Å². The van der Waals surface area contributed by atoms with Crippen molar-refractivity contribution in [2.45, 2.75) is 39.4 Å². The van der Waals surface area contributed by atoms with Crippen molar-refractivity contribution >= 4 is 11.7 Å². The Labute approximate surface area is 161 Å². The summed E-state index contributed by atoms with van der Waals surface area (Å²) in [6, 6.07) is 1.40. The lowest BCUT2D eigenvalue weighted by Gasteiger charge is -2.13. The summed E-state index contributed by atoms with van der Waals surface area (Å²) in [5.74, 6) is 2.19. The van der Waals surface area contributed by atoms with E-state index in [-0.39, 0.29) is 6.04 Å². The van der Waals surface area contributed by atoms with Gasteiger partial charge >= 0.3 is 0 Å². The molecular weight excluding hydrogens is 360 g/mol. The number of hydrogen-bond acceptors (Lipinski definition) is 7. The number of nitrogens with zero attached hydrogens (tertiary/aromatic N) is 6. The Morgan fingerprint density at radius 2 is 2.11 bits per heavy atom. The van der Waals surface area contributed by atoms with Crippen LogP contribution in [0.4, 0.5) is 5.82 Å². The third-order valence-corrected chi connectivity index (χ3v) is 4.56. The highest BCUT2D eigenvalue weighted by atomic mass is 16.5. The third kappa shape index (κ3) is 3.17. The number of nitrogens with one attached hydrogen (secondary N) is 1. The Kier molecular flexibility index (Phi) is 4.46. The molecule has 1 amide bonds. The second-order valence-electron chi connectivity index (χ2n) is 6.95. The van der Waals surface area contributed by atoms with E-state index in [1.165, 1.54) is 6.33 Å². The summed E-state index contributed by atoms with van der Waals surface area (Å²) in [7, 11) is 0. The van der Waals surface area contributed by atoms with Gasteiger partial charge in [0.15, 0.2) is 5.82 Å². The molecule has 0 bridgehead atoms. The van der Waals surface area contributed by atoms with Gasteiger partial charge < -0.3 is 20.4 Å². The smallest absolute Gasteiger partial charge is 0.239 e. The van der Waals surface area contributed by atoms with Gasteiger partial charge in [0.05, 0.1) is 12.1 Å². The lowest BCUT2D eigenvalue weighted by molar-refractivity contribution is -0.118. The number of nitrogens with two attached hydrogens (primary N) is 1. The second kappa shape index (κ2) is 6.95. The first-order valence-corrected chi connectivity index (χ1v) is 9.10. The number of ether oxygens (including phenoxy) is 1. The molecule has 3 aromatic heterocycles. The number of imidazole rings is 1. The van der Waals surface area contributed by atoms with Crippen LogP contribution >= 0.6 is 0 Å². The molecule has 4 rings (SSSR count). The van der Waals surface area contributed by atoms with E-state index in [1.54, 1.807) is 19.2 Å². The van der Waals surface area contributed by atoms with Crippen LogP contribution in [-0.4, -0.2) is 47.9 Å². The molecule has 0 saturated heterocycles. The minimum atomic E-state index is -0.535. The van der Waals surface area contributed by atoms with Gasteiger partial charge in [-0.15, -0.1) is 0 Å². The fraction of sp³-hybridized carbons (Fsp3) is 0.389. The van der Waals surface area contributed by atoms with Gasteiger partial charge in [0.25, 0.3) is 0 Å². The summed E-state index contributed by atoms with van der Waals surface area (Å²) < 4.78 is 9.75. The zero-order valence-corrected chi connectivity index (χ0v) is 16.0. The first kappa shape index (κ1) is 18.0.